The first-order chi connectivity index (χ1) is 11.0. The average molecular weight is 332 g/mol. The molecule has 116 valence electrons. The maximum Gasteiger partial charge on any atom is 0.286 e. The summed E-state index contributed by atoms with van der Waals surface area (Å²) in [6, 6.07) is 11.8. The molecule has 0 saturated carbocycles. The monoisotopic (exact) mass is 331 g/mol. The largest absolute Gasteiger partial charge is 0.350 e. The Kier molecular flexibility index (Phi) is 3.99. The molecule has 0 fully saturated rings. The minimum absolute atomic E-state index is 0.232. The van der Waals surface area contributed by atoms with Gasteiger partial charge in [-0.25, -0.2) is 4.39 Å². The Hall–Kier alpha value is -2.86. The number of fused-ring (bicyclic) bond motifs is 1. The average Bonchev–Trinajstić information content (AvgIpc) is 2.96. The van der Waals surface area contributed by atoms with E-state index >= 15 is 0 Å². The number of carbonyl (C=O) groups excluding carboxylic acids is 2. The van der Waals surface area contributed by atoms with Crippen LogP contribution in [0, 0.1) is 5.82 Å². The molecule has 2 aromatic carbocycles. The van der Waals surface area contributed by atoms with Gasteiger partial charge in [0.25, 0.3) is 11.8 Å². The normalized spacial score (nSPS) is 10.5. The molecule has 0 aliphatic carbocycles. The van der Waals surface area contributed by atoms with Gasteiger partial charge in [0.05, 0.1) is 0 Å². The van der Waals surface area contributed by atoms with Crippen molar-refractivity contribution in [1.82, 2.24) is 15.8 Å². The molecule has 5 nitrogen and oxygen atoms in total. The van der Waals surface area contributed by atoms with Gasteiger partial charge in [-0.2, -0.15) is 0 Å². The molecule has 0 aliphatic heterocycles. The Morgan fingerprint density at radius 2 is 1.65 bits per heavy atom. The predicted octanol–water partition coefficient (Wildman–Crippen LogP) is 3.04. The molecule has 1 aromatic heterocycles. The quantitative estimate of drug-likeness (QED) is 0.631. The van der Waals surface area contributed by atoms with Crippen molar-refractivity contribution >= 4 is 34.3 Å². The van der Waals surface area contributed by atoms with Crippen LogP contribution in [-0.4, -0.2) is 16.8 Å². The summed E-state index contributed by atoms with van der Waals surface area (Å²) in [5.41, 5.74) is 5.82. The number of benzene rings is 2. The Morgan fingerprint density at radius 1 is 0.957 bits per heavy atom. The summed E-state index contributed by atoms with van der Waals surface area (Å²) in [7, 11) is 0. The molecule has 2 amide bonds. The summed E-state index contributed by atoms with van der Waals surface area (Å²) in [6.07, 6.45) is 0. The highest BCUT2D eigenvalue weighted by molar-refractivity contribution is 6.31. The van der Waals surface area contributed by atoms with E-state index in [0.29, 0.717) is 5.02 Å². The van der Waals surface area contributed by atoms with Crippen molar-refractivity contribution in [3.8, 4) is 0 Å². The van der Waals surface area contributed by atoms with Gasteiger partial charge in [0.1, 0.15) is 11.5 Å². The van der Waals surface area contributed by atoms with Crippen molar-refractivity contribution in [3.05, 3.63) is 70.6 Å². The topological polar surface area (TPSA) is 74.0 Å². The zero-order chi connectivity index (χ0) is 16.4. The highest BCUT2D eigenvalue weighted by Crippen LogP contribution is 2.19. The second-order valence-electron chi connectivity index (χ2n) is 4.83. The number of amides is 2. The van der Waals surface area contributed by atoms with Gasteiger partial charge in [0, 0.05) is 21.5 Å². The number of H-pyrrole nitrogens is 1. The van der Waals surface area contributed by atoms with E-state index in [9.17, 15) is 14.0 Å². The minimum Gasteiger partial charge on any atom is -0.350 e. The first-order valence-corrected chi connectivity index (χ1v) is 7.05. The molecule has 3 aromatic rings. The lowest BCUT2D eigenvalue weighted by molar-refractivity contribution is 0.0844. The molecule has 0 spiro atoms. The molecule has 3 N–H and O–H groups in total. The number of nitrogens with one attached hydrogen (secondary N) is 3. The molecule has 3 rings (SSSR count). The smallest absolute Gasteiger partial charge is 0.286 e. The van der Waals surface area contributed by atoms with E-state index in [0.717, 1.165) is 23.0 Å². The lowest BCUT2D eigenvalue weighted by Crippen LogP contribution is -2.41. The third-order valence-corrected chi connectivity index (χ3v) is 3.46. The summed E-state index contributed by atoms with van der Waals surface area (Å²) in [6.45, 7) is 0. The number of carbonyl (C=O) groups is 2. The van der Waals surface area contributed by atoms with Crippen molar-refractivity contribution < 1.29 is 14.0 Å². The van der Waals surface area contributed by atoms with Crippen LogP contribution in [0.3, 0.4) is 0 Å². The lowest BCUT2D eigenvalue weighted by atomic mass is 10.2. The van der Waals surface area contributed by atoms with Crippen molar-refractivity contribution in [2.24, 2.45) is 0 Å². The minimum atomic E-state index is -0.544. The van der Waals surface area contributed by atoms with Gasteiger partial charge in [0.15, 0.2) is 0 Å². The molecule has 0 atom stereocenters. The van der Waals surface area contributed by atoms with Gasteiger partial charge in [-0.15, -0.1) is 0 Å². The number of aromatic nitrogens is 1. The zero-order valence-corrected chi connectivity index (χ0v) is 12.4. The maximum atomic E-state index is 12.8. The number of hydrazine groups is 1. The molecule has 0 saturated heterocycles. The van der Waals surface area contributed by atoms with E-state index in [1.54, 1.807) is 24.3 Å². The zero-order valence-electron chi connectivity index (χ0n) is 11.7. The van der Waals surface area contributed by atoms with Crippen molar-refractivity contribution in [1.29, 1.82) is 0 Å². The fourth-order valence-corrected chi connectivity index (χ4v) is 2.26. The summed E-state index contributed by atoms with van der Waals surface area (Å²) in [5, 5.41) is 1.35. The first-order valence-electron chi connectivity index (χ1n) is 6.67. The van der Waals surface area contributed by atoms with Crippen molar-refractivity contribution in [3.63, 3.8) is 0 Å². The van der Waals surface area contributed by atoms with Crippen LogP contribution in [0.1, 0.15) is 20.8 Å². The maximum absolute atomic E-state index is 12.8. The molecule has 7 heteroatoms. The number of halogens is 2. The number of aromatic amines is 1. The Balaban J connectivity index is 1.68. The van der Waals surface area contributed by atoms with Crippen molar-refractivity contribution in [2.45, 2.75) is 0 Å². The van der Waals surface area contributed by atoms with Crippen LogP contribution in [0.25, 0.3) is 10.9 Å². The van der Waals surface area contributed by atoms with Crippen molar-refractivity contribution in [2.75, 3.05) is 0 Å². The number of hydrogen-bond donors (Lipinski definition) is 3. The van der Waals surface area contributed by atoms with Crippen LogP contribution in [0.5, 0.6) is 0 Å². The standard InChI is InChI=1S/C16H11ClFN3O2/c17-11-3-6-13-10(7-11)8-14(19-13)16(23)21-20-15(22)9-1-4-12(18)5-2-9/h1-8,19H,(H,20,22)(H,21,23). The van der Waals surface area contributed by atoms with Gasteiger partial charge in [-0.1, -0.05) is 11.6 Å². The fraction of sp³-hybridized carbons (Fsp3) is 0. The molecule has 0 unspecified atom stereocenters. The van der Waals surface area contributed by atoms with Crippen LogP contribution >= 0.6 is 11.6 Å². The molecule has 0 aliphatic rings. The van der Waals surface area contributed by atoms with Crippen LogP contribution in [-0.2, 0) is 0 Å². The fourth-order valence-electron chi connectivity index (χ4n) is 2.08. The van der Waals surface area contributed by atoms with Gasteiger partial charge in [-0.3, -0.25) is 20.4 Å². The van der Waals surface area contributed by atoms with Gasteiger partial charge in [-0.05, 0) is 48.5 Å². The number of hydrogen-bond acceptors (Lipinski definition) is 2. The summed E-state index contributed by atoms with van der Waals surface area (Å²) in [5.74, 6) is -1.49. The SMILES string of the molecule is O=C(NNC(=O)c1cc2cc(Cl)ccc2[nH]1)c1ccc(F)cc1. The Bertz CT molecular complexity index is 890. The number of rotatable bonds is 2. The summed E-state index contributed by atoms with van der Waals surface area (Å²) in [4.78, 5) is 26.8. The van der Waals surface area contributed by atoms with E-state index in [4.69, 9.17) is 11.6 Å². The van der Waals surface area contributed by atoms with Crippen LogP contribution < -0.4 is 10.9 Å². The molecule has 0 bridgehead atoms. The van der Waals surface area contributed by atoms with E-state index in [-0.39, 0.29) is 11.3 Å². The second kappa shape index (κ2) is 6.10. The van der Waals surface area contributed by atoms with E-state index in [2.05, 4.69) is 15.8 Å². The molecule has 1 heterocycles. The Labute approximate surface area is 135 Å². The Morgan fingerprint density at radius 3 is 2.39 bits per heavy atom. The van der Waals surface area contributed by atoms with E-state index < -0.39 is 17.6 Å². The highest BCUT2D eigenvalue weighted by atomic mass is 35.5. The molecule has 23 heavy (non-hydrogen) atoms. The van der Waals surface area contributed by atoms with Gasteiger partial charge in [0.2, 0.25) is 0 Å². The summed E-state index contributed by atoms with van der Waals surface area (Å²) < 4.78 is 12.8. The van der Waals surface area contributed by atoms with Gasteiger partial charge < -0.3 is 4.98 Å². The molecule has 0 radical (unpaired) electrons. The first kappa shape index (κ1) is 15.1. The third-order valence-electron chi connectivity index (χ3n) is 3.22. The summed E-state index contributed by atoms with van der Waals surface area (Å²) >= 11 is 5.89. The van der Waals surface area contributed by atoms with Crippen LogP contribution in [0.15, 0.2) is 48.5 Å². The molecular weight excluding hydrogens is 321 g/mol. The molecular formula is C16H11ClFN3O2. The van der Waals surface area contributed by atoms with Crippen LogP contribution in [0.2, 0.25) is 5.02 Å². The second-order valence-corrected chi connectivity index (χ2v) is 5.27. The van der Waals surface area contributed by atoms with Crippen LogP contribution in [0.4, 0.5) is 4.39 Å². The third kappa shape index (κ3) is 3.32. The lowest BCUT2D eigenvalue weighted by Gasteiger charge is -2.06. The predicted molar refractivity (Wildman–Crippen MR) is 84.6 cm³/mol. The van der Waals surface area contributed by atoms with E-state index in [1.165, 1.54) is 12.1 Å². The highest BCUT2D eigenvalue weighted by Gasteiger charge is 2.11. The van der Waals surface area contributed by atoms with E-state index in [1.807, 2.05) is 0 Å². The van der Waals surface area contributed by atoms with Gasteiger partial charge >= 0.3 is 0 Å².